The van der Waals surface area contributed by atoms with Crippen LogP contribution in [0, 0.1) is 19.8 Å². The van der Waals surface area contributed by atoms with Crippen LogP contribution in [0.4, 0.5) is 0 Å². The number of methoxy groups -OCH3 is 1. The Balaban J connectivity index is 1.75. The highest BCUT2D eigenvalue weighted by Gasteiger charge is 2.29. The minimum absolute atomic E-state index is 0.0219. The summed E-state index contributed by atoms with van der Waals surface area (Å²) >= 11 is 0. The predicted molar refractivity (Wildman–Crippen MR) is 146 cm³/mol. The van der Waals surface area contributed by atoms with Gasteiger partial charge in [0.1, 0.15) is 6.10 Å². The Morgan fingerprint density at radius 2 is 1.44 bits per heavy atom. The normalized spacial score (nSPS) is 12.4. The van der Waals surface area contributed by atoms with Gasteiger partial charge >= 0.3 is 11.9 Å². The molecule has 0 amide bonds. The van der Waals surface area contributed by atoms with Gasteiger partial charge in [0.25, 0.3) is 0 Å². The number of benzene rings is 2. The number of rotatable bonds is 12. The molecule has 2 atom stereocenters. The van der Waals surface area contributed by atoms with Crippen molar-refractivity contribution >= 4 is 17.7 Å². The molecule has 0 aliphatic carbocycles. The van der Waals surface area contributed by atoms with Crippen molar-refractivity contribution in [3.63, 3.8) is 0 Å². The number of nitrogens with zero attached hydrogens (tertiary/aromatic N) is 1. The van der Waals surface area contributed by atoms with E-state index in [0.717, 1.165) is 22.3 Å². The molecule has 0 radical (unpaired) electrons. The maximum atomic E-state index is 13.2. The van der Waals surface area contributed by atoms with Crippen LogP contribution >= 0.6 is 0 Å². The number of ketones is 1. The summed E-state index contributed by atoms with van der Waals surface area (Å²) in [6, 6.07) is 17.8. The quantitative estimate of drug-likeness (QED) is 0.169. The minimum Gasteiger partial charge on any atom is -0.493 e. The molecule has 206 valence electrons. The third kappa shape index (κ3) is 7.89. The monoisotopic (exact) mass is 533 g/mol. The fraction of sp³-hybridized carbons (Fsp3) is 0.355. The maximum absolute atomic E-state index is 13.2. The summed E-state index contributed by atoms with van der Waals surface area (Å²) in [5, 5.41) is 0. The van der Waals surface area contributed by atoms with Crippen molar-refractivity contribution in [2.45, 2.75) is 53.1 Å². The maximum Gasteiger partial charge on any atom is 0.309 e. The molecule has 0 fully saturated rings. The Kier molecular flexibility index (Phi) is 10.2. The van der Waals surface area contributed by atoms with E-state index in [1.54, 1.807) is 6.92 Å². The number of esters is 2. The molecule has 0 saturated carbocycles. The smallest absolute Gasteiger partial charge is 0.309 e. The fourth-order valence-electron chi connectivity index (χ4n) is 4.21. The zero-order chi connectivity index (χ0) is 28.5. The van der Waals surface area contributed by atoms with Crippen LogP contribution in [-0.2, 0) is 19.1 Å². The zero-order valence-corrected chi connectivity index (χ0v) is 23.2. The highest BCUT2D eigenvalue weighted by Crippen LogP contribution is 2.33. The van der Waals surface area contributed by atoms with Gasteiger partial charge in [-0.2, -0.15) is 0 Å². The molecule has 3 rings (SSSR count). The van der Waals surface area contributed by atoms with Crippen LogP contribution in [0.5, 0.6) is 11.5 Å². The molecular weight excluding hydrogens is 498 g/mol. The van der Waals surface area contributed by atoms with Crippen molar-refractivity contribution in [2.75, 3.05) is 13.9 Å². The number of ether oxygens (including phenoxy) is 4. The van der Waals surface area contributed by atoms with E-state index in [9.17, 15) is 14.4 Å². The molecule has 39 heavy (non-hydrogen) atoms. The van der Waals surface area contributed by atoms with E-state index >= 15 is 0 Å². The lowest BCUT2D eigenvalue weighted by molar-refractivity contribution is -0.153. The molecule has 0 bridgehead atoms. The number of carbonyl (C=O) groups excluding carboxylic acids is 3. The third-order valence-electron chi connectivity index (χ3n) is 6.36. The minimum atomic E-state index is -0.744. The number of Topliss-reactive ketones (excluding diaryl/α,β-unsaturated/α-hetero) is 1. The lowest BCUT2D eigenvalue weighted by Gasteiger charge is -2.26. The molecule has 0 spiro atoms. The van der Waals surface area contributed by atoms with Crippen LogP contribution in [-0.4, -0.2) is 42.7 Å². The number of aryl methyl sites for hydroxylation is 2. The van der Waals surface area contributed by atoms with E-state index < -0.39 is 36.5 Å². The van der Waals surface area contributed by atoms with Crippen molar-refractivity contribution in [3.05, 3.63) is 88.7 Å². The first-order chi connectivity index (χ1) is 18.6. The number of pyridine rings is 1. The summed E-state index contributed by atoms with van der Waals surface area (Å²) in [6.07, 6.45) is 0.761. The van der Waals surface area contributed by atoms with Crippen molar-refractivity contribution in [3.8, 4) is 11.5 Å². The van der Waals surface area contributed by atoms with Crippen LogP contribution in [0.2, 0.25) is 0 Å². The second-order valence-corrected chi connectivity index (χ2v) is 9.56. The summed E-state index contributed by atoms with van der Waals surface area (Å²) in [5.74, 6) is -2.10. The molecule has 0 saturated heterocycles. The molecule has 0 N–H and O–H groups in total. The Morgan fingerprint density at radius 1 is 0.872 bits per heavy atom. The van der Waals surface area contributed by atoms with Gasteiger partial charge in [-0.25, -0.2) is 4.98 Å². The van der Waals surface area contributed by atoms with E-state index in [0.29, 0.717) is 0 Å². The number of hydrogen-bond acceptors (Lipinski definition) is 8. The Labute approximate surface area is 229 Å². The average Bonchev–Trinajstić information content (AvgIpc) is 2.90. The molecule has 1 heterocycles. The van der Waals surface area contributed by atoms with Gasteiger partial charge in [-0.3, -0.25) is 14.4 Å². The van der Waals surface area contributed by atoms with Gasteiger partial charge < -0.3 is 18.9 Å². The van der Waals surface area contributed by atoms with Gasteiger partial charge in [-0.1, -0.05) is 66.6 Å². The van der Waals surface area contributed by atoms with E-state index in [1.807, 2.05) is 69.3 Å². The summed E-state index contributed by atoms with van der Waals surface area (Å²) in [4.78, 5) is 41.5. The Morgan fingerprint density at radius 3 is 1.95 bits per heavy atom. The zero-order valence-electron chi connectivity index (χ0n) is 23.2. The largest absolute Gasteiger partial charge is 0.493 e. The molecule has 0 aliphatic rings. The lowest BCUT2D eigenvalue weighted by atomic mass is 9.86. The predicted octanol–water partition coefficient (Wildman–Crippen LogP) is 5.58. The average molecular weight is 534 g/mol. The molecule has 8 nitrogen and oxygen atoms in total. The number of hydrogen-bond donors (Lipinski definition) is 0. The molecule has 3 aromatic rings. The van der Waals surface area contributed by atoms with Crippen molar-refractivity contribution in [1.82, 2.24) is 4.98 Å². The molecular formula is C31H35NO7. The van der Waals surface area contributed by atoms with Gasteiger partial charge in [-0.05, 0) is 31.9 Å². The molecule has 2 aromatic carbocycles. The van der Waals surface area contributed by atoms with Gasteiger partial charge in [0.05, 0.1) is 13.0 Å². The molecule has 8 heteroatoms. The van der Waals surface area contributed by atoms with Crippen molar-refractivity contribution < 1.29 is 33.3 Å². The van der Waals surface area contributed by atoms with Crippen LogP contribution < -0.4 is 9.47 Å². The highest BCUT2D eigenvalue weighted by atomic mass is 16.7. The second-order valence-electron chi connectivity index (χ2n) is 9.56. The SMILES string of the molecule is COc1ccnc(C(=O)C[C@@H](C)C(=O)O[C@@H](C)C(c2ccc(C)cc2)c2ccc(C)cc2)c1OCOC(C)=O. The van der Waals surface area contributed by atoms with Gasteiger partial charge in [0, 0.05) is 31.5 Å². The second kappa shape index (κ2) is 13.6. The topological polar surface area (TPSA) is 101 Å². The van der Waals surface area contributed by atoms with Crippen LogP contribution in [0.3, 0.4) is 0 Å². The number of aromatic nitrogens is 1. The molecule has 0 unspecified atom stereocenters. The van der Waals surface area contributed by atoms with Crippen LogP contribution in [0.15, 0.2) is 60.8 Å². The van der Waals surface area contributed by atoms with Crippen molar-refractivity contribution in [1.29, 1.82) is 0 Å². The lowest BCUT2D eigenvalue weighted by Crippen LogP contribution is -2.28. The Hall–Kier alpha value is -4.20. The van der Waals surface area contributed by atoms with Gasteiger partial charge in [-0.15, -0.1) is 0 Å². The summed E-state index contributed by atoms with van der Waals surface area (Å²) in [6.45, 7) is 8.38. The highest BCUT2D eigenvalue weighted by molar-refractivity contribution is 5.99. The first kappa shape index (κ1) is 29.4. The van der Waals surface area contributed by atoms with E-state index in [2.05, 4.69) is 4.98 Å². The van der Waals surface area contributed by atoms with Crippen LogP contribution in [0.1, 0.15) is 65.9 Å². The van der Waals surface area contributed by atoms with E-state index in [1.165, 1.54) is 26.3 Å². The van der Waals surface area contributed by atoms with Crippen molar-refractivity contribution in [2.24, 2.45) is 5.92 Å². The number of carbonyl (C=O) groups is 3. The van der Waals surface area contributed by atoms with Gasteiger partial charge in [0.2, 0.25) is 6.79 Å². The summed E-state index contributed by atoms with van der Waals surface area (Å²) < 4.78 is 21.5. The molecule has 0 aliphatic heterocycles. The standard InChI is InChI=1S/C31H35NO7/c1-19-7-11-24(12-8-19)28(25-13-9-20(2)10-14-25)22(4)39-31(35)21(3)17-26(34)29-30(38-18-37-23(5)33)27(36-6)15-16-32-29/h7-16,21-22,28H,17-18H2,1-6H3/t21-,22+/m1/s1. The first-order valence-electron chi connectivity index (χ1n) is 12.8. The molecule has 1 aromatic heterocycles. The summed E-state index contributed by atoms with van der Waals surface area (Å²) in [7, 11) is 1.42. The van der Waals surface area contributed by atoms with Crippen LogP contribution in [0.25, 0.3) is 0 Å². The van der Waals surface area contributed by atoms with E-state index in [4.69, 9.17) is 18.9 Å². The Bertz CT molecular complexity index is 1240. The fourth-order valence-corrected chi connectivity index (χ4v) is 4.21. The third-order valence-corrected chi connectivity index (χ3v) is 6.36. The first-order valence-corrected chi connectivity index (χ1v) is 12.8. The van der Waals surface area contributed by atoms with E-state index in [-0.39, 0.29) is 29.5 Å². The van der Waals surface area contributed by atoms with Gasteiger partial charge in [0.15, 0.2) is 23.0 Å². The summed E-state index contributed by atoms with van der Waals surface area (Å²) in [5.41, 5.74) is 4.32.